The minimum atomic E-state index is -1.29. The summed E-state index contributed by atoms with van der Waals surface area (Å²) in [6.45, 7) is 4.00. The van der Waals surface area contributed by atoms with E-state index in [0.717, 1.165) is 19.3 Å². The second-order valence-electron chi connectivity index (χ2n) is 7.85. The first-order chi connectivity index (χ1) is 12.8. The van der Waals surface area contributed by atoms with Gasteiger partial charge in [-0.25, -0.2) is 8.78 Å². The molecule has 7 heteroatoms. The monoisotopic (exact) mass is 410 g/mol. The number of aliphatic carboxylic acids is 1. The number of carbonyl (C=O) groups is 1. The third kappa shape index (κ3) is 6.82. The number of alkyl halides is 2. The number of rotatable bonds is 10. The normalized spacial score (nSPS) is 32.8. The number of aliphatic hydroxyl groups excluding tert-OH is 1. The molecular formula is C21H33F2NaO4. The van der Waals surface area contributed by atoms with Gasteiger partial charge in [-0.2, -0.15) is 0 Å². The fraction of sp³-hybridized carbons (Fsp3) is 0.762. The Balaban J connectivity index is 0.00000392. The van der Waals surface area contributed by atoms with Gasteiger partial charge in [0.2, 0.25) is 0 Å². The van der Waals surface area contributed by atoms with Gasteiger partial charge in [0.05, 0.1) is 0 Å². The van der Waals surface area contributed by atoms with Crippen LogP contribution in [0.5, 0.6) is 0 Å². The van der Waals surface area contributed by atoms with Gasteiger partial charge in [-0.3, -0.25) is 4.79 Å². The first kappa shape index (κ1) is 25.6. The van der Waals surface area contributed by atoms with Crippen molar-refractivity contribution in [3.8, 4) is 0 Å². The summed E-state index contributed by atoms with van der Waals surface area (Å²) in [6, 6.07) is 0. The van der Waals surface area contributed by atoms with Gasteiger partial charge in [-0.1, -0.05) is 38.8 Å². The van der Waals surface area contributed by atoms with Crippen LogP contribution >= 0.6 is 0 Å². The molecule has 1 saturated heterocycles. The molecule has 1 saturated carbocycles. The van der Waals surface area contributed by atoms with Crippen molar-refractivity contribution in [2.75, 3.05) is 0 Å². The average Bonchev–Trinajstić information content (AvgIpc) is 3.09. The molecule has 7 atom stereocenters. The van der Waals surface area contributed by atoms with E-state index in [1.165, 1.54) is 6.08 Å². The van der Waals surface area contributed by atoms with Gasteiger partial charge in [-0.05, 0) is 43.6 Å². The van der Waals surface area contributed by atoms with Gasteiger partial charge in [0, 0.05) is 12.3 Å². The quantitative estimate of drug-likeness (QED) is 0.325. The second kappa shape index (κ2) is 12.3. The summed E-state index contributed by atoms with van der Waals surface area (Å²) in [6.07, 6.45) is 4.63. The molecule has 0 aromatic rings. The van der Waals surface area contributed by atoms with Crippen LogP contribution in [-0.4, -0.2) is 70.3 Å². The molecule has 0 spiro atoms. The molecule has 2 rings (SSSR count). The first-order valence-electron chi connectivity index (χ1n) is 10.1. The second-order valence-corrected chi connectivity index (χ2v) is 7.85. The summed E-state index contributed by atoms with van der Waals surface area (Å²) in [5.41, 5.74) is 0. The average molecular weight is 410 g/mol. The molecule has 0 amide bonds. The van der Waals surface area contributed by atoms with Crippen LogP contribution in [0.3, 0.4) is 0 Å². The Morgan fingerprint density at radius 1 is 1.39 bits per heavy atom. The van der Waals surface area contributed by atoms with Gasteiger partial charge >= 0.3 is 35.5 Å². The number of allylic oxidation sites excluding steroid dienone is 3. The Morgan fingerprint density at radius 3 is 2.75 bits per heavy atom. The van der Waals surface area contributed by atoms with Crippen molar-refractivity contribution in [2.45, 2.75) is 83.3 Å². The Morgan fingerprint density at radius 2 is 2.11 bits per heavy atom. The molecule has 1 heterocycles. The molecule has 0 bridgehead atoms. The zero-order chi connectivity index (χ0) is 20.0. The van der Waals surface area contributed by atoms with E-state index in [0.29, 0.717) is 25.0 Å². The molecule has 0 aromatic heterocycles. The van der Waals surface area contributed by atoms with Gasteiger partial charge < -0.3 is 14.9 Å². The van der Waals surface area contributed by atoms with Crippen LogP contribution in [-0.2, 0) is 9.53 Å². The number of unbranched alkanes of at least 4 members (excludes halogenated alkanes) is 2. The number of hydrogen-bond donors (Lipinski definition) is 2. The van der Waals surface area contributed by atoms with E-state index in [1.807, 2.05) is 13.8 Å². The van der Waals surface area contributed by atoms with Crippen molar-refractivity contribution in [1.29, 1.82) is 0 Å². The van der Waals surface area contributed by atoms with Crippen LogP contribution in [0.15, 0.2) is 24.0 Å². The molecule has 2 aliphatic rings. The van der Waals surface area contributed by atoms with E-state index < -0.39 is 24.4 Å². The van der Waals surface area contributed by atoms with Crippen molar-refractivity contribution in [3.05, 3.63) is 24.0 Å². The Hall–Kier alpha value is -0.430. The summed E-state index contributed by atoms with van der Waals surface area (Å²) in [5.74, 6) is -0.806. The maximum absolute atomic E-state index is 14.9. The summed E-state index contributed by atoms with van der Waals surface area (Å²) in [7, 11) is 0. The molecule has 28 heavy (non-hydrogen) atoms. The van der Waals surface area contributed by atoms with Crippen molar-refractivity contribution in [3.63, 3.8) is 0 Å². The Kier molecular flexibility index (Phi) is 11.3. The third-order valence-corrected chi connectivity index (χ3v) is 5.71. The molecule has 2 N–H and O–H groups in total. The SMILES string of the molecule is CCCCC(F)[C@H](O)/C=C/[C@@H]1[C@H]2C(F)/C(=C/CCCC(=O)O)O[C@H]2C[C@H]1C.[NaH]. The Labute approximate surface area is 188 Å². The fourth-order valence-corrected chi connectivity index (χ4v) is 4.16. The van der Waals surface area contributed by atoms with Crippen molar-refractivity contribution >= 4 is 35.5 Å². The topological polar surface area (TPSA) is 66.8 Å². The fourth-order valence-electron chi connectivity index (χ4n) is 4.16. The molecular weight excluding hydrogens is 377 g/mol. The zero-order valence-electron chi connectivity index (χ0n) is 16.2. The van der Waals surface area contributed by atoms with Crippen LogP contribution in [0, 0.1) is 17.8 Å². The molecule has 2 fully saturated rings. The zero-order valence-corrected chi connectivity index (χ0v) is 16.2. The van der Waals surface area contributed by atoms with Crippen LogP contribution in [0.25, 0.3) is 0 Å². The number of hydrogen-bond acceptors (Lipinski definition) is 3. The molecule has 1 aliphatic carbocycles. The van der Waals surface area contributed by atoms with Crippen molar-refractivity contribution in [1.82, 2.24) is 0 Å². The predicted octanol–water partition coefficient (Wildman–Crippen LogP) is 3.93. The third-order valence-electron chi connectivity index (χ3n) is 5.71. The van der Waals surface area contributed by atoms with E-state index in [-0.39, 0.29) is 59.8 Å². The molecule has 1 aliphatic heterocycles. The summed E-state index contributed by atoms with van der Waals surface area (Å²) >= 11 is 0. The van der Waals surface area contributed by atoms with Gasteiger partial charge in [0.25, 0.3) is 0 Å². The number of carboxylic acids is 1. The standard InChI is InChI=1S/C21H32F2O4.Na.H/c1-3-4-7-15(22)16(24)11-10-14-13(2)12-18-20(14)21(23)17(27-18)8-5-6-9-19(25)26;;/h8,10-11,13-16,18,20-21,24H,3-7,9,12H2,1-2H3,(H,25,26);;/b11-10+,17-8-;;/t13-,14+,15?,16-,18+,20-,21?;;/m1../s1. The van der Waals surface area contributed by atoms with Crippen molar-refractivity contribution in [2.24, 2.45) is 17.8 Å². The summed E-state index contributed by atoms with van der Waals surface area (Å²) < 4.78 is 34.6. The van der Waals surface area contributed by atoms with E-state index >= 15 is 0 Å². The number of carboxylic acid groups (broad SMARTS) is 1. The van der Waals surface area contributed by atoms with Gasteiger partial charge in [0.1, 0.15) is 24.1 Å². The van der Waals surface area contributed by atoms with Gasteiger partial charge in [0.15, 0.2) is 6.17 Å². The van der Waals surface area contributed by atoms with Crippen LogP contribution in [0.1, 0.15) is 58.8 Å². The number of ether oxygens (including phenoxy) is 1. The van der Waals surface area contributed by atoms with E-state index in [1.54, 1.807) is 12.2 Å². The molecule has 2 unspecified atom stereocenters. The van der Waals surface area contributed by atoms with Crippen molar-refractivity contribution < 1.29 is 28.5 Å². The van der Waals surface area contributed by atoms with Gasteiger partial charge in [-0.15, -0.1) is 0 Å². The summed E-state index contributed by atoms with van der Waals surface area (Å²) in [4.78, 5) is 10.6. The molecule has 4 nitrogen and oxygen atoms in total. The van der Waals surface area contributed by atoms with E-state index in [9.17, 15) is 18.7 Å². The van der Waals surface area contributed by atoms with Crippen LogP contribution in [0.4, 0.5) is 8.78 Å². The predicted molar refractivity (Wildman–Crippen MR) is 107 cm³/mol. The molecule has 0 radical (unpaired) electrons. The number of halogens is 2. The van der Waals surface area contributed by atoms with Crippen LogP contribution < -0.4 is 0 Å². The first-order valence-corrected chi connectivity index (χ1v) is 10.1. The molecule has 0 aromatic carbocycles. The van der Waals surface area contributed by atoms with E-state index in [2.05, 4.69) is 0 Å². The molecule has 156 valence electrons. The Bertz CT molecular complexity index is 555. The maximum atomic E-state index is 14.9. The van der Waals surface area contributed by atoms with E-state index in [4.69, 9.17) is 9.84 Å². The number of aliphatic hydroxyl groups is 1. The summed E-state index contributed by atoms with van der Waals surface area (Å²) in [5, 5.41) is 18.7. The van der Waals surface area contributed by atoms with Crippen LogP contribution in [0.2, 0.25) is 0 Å². The number of fused-ring (bicyclic) bond motifs is 1. The minimum absolute atomic E-state index is 0.